The molecular formula is C12H12BrFN4O. The van der Waals surface area contributed by atoms with E-state index >= 15 is 0 Å². The summed E-state index contributed by atoms with van der Waals surface area (Å²) >= 11 is 3.27. The molecule has 0 unspecified atom stereocenters. The van der Waals surface area contributed by atoms with Gasteiger partial charge in [0.2, 0.25) is 0 Å². The summed E-state index contributed by atoms with van der Waals surface area (Å²) < 4.78 is 18.6. The van der Waals surface area contributed by atoms with Gasteiger partial charge in [-0.1, -0.05) is 0 Å². The van der Waals surface area contributed by atoms with Crippen LogP contribution in [0, 0.1) is 5.82 Å². The Morgan fingerprint density at radius 1 is 1.37 bits per heavy atom. The molecular weight excluding hydrogens is 315 g/mol. The summed E-state index contributed by atoms with van der Waals surface area (Å²) in [5.74, 6) is 1.01. The van der Waals surface area contributed by atoms with E-state index in [0.717, 1.165) is 0 Å². The van der Waals surface area contributed by atoms with Crippen LogP contribution >= 0.6 is 15.9 Å². The van der Waals surface area contributed by atoms with Gasteiger partial charge in [0.15, 0.2) is 5.82 Å². The van der Waals surface area contributed by atoms with Crippen LogP contribution in [0.15, 0.2) is 28.7 Å². The van der Waals surface area contributed by atoms with Crippen molar-refractivity contribution in [3.05, 3.63) is 40.4 Å². The van der Waals surface area contributed by atoms with Crippen molar-refractivity contribution in [2.45, 2.75) is 6.61 Å². The molecule has 0 aliphatic heterocycles. The standard InChI is InChI=1S/C12H12BrFN4O/c1-19-6-12-17-10(15)5-11(18-12)16-9-3-2-7(14)4-8(9)13/h2-5H,6H2,1H3,(H3,15,16,17,18). The Balaban J connectivity index is 2.27. The Kier molecular flexibility index (Phi) is 4.28. The molecule has 2 aromatic rings. The van der Waals surface area contributed by atoms with Crippen molar-refractivity contribution in [3.63, 3.8) is 0 Å². The van der Waals surface area contributed by atoms with Gasteiger partial charge in [0, 0.05) is 17.6 Å². The number of anilines is 3. The SMILES string of the molecule is COCc1nc(N)cc(Nc2ccc(F)cc2Br)n1. The first-order valence-corrected chi connectivity index (χ1v) is 6.22. The fourth-order valence-electron chi connectivity index (χ4n) is 1.50. The second-order valence-corrected chi connectivity index (χ2v) is 4.63. The van der Waals surface area contributed by atoms with Crippen molar-refractivity contribution < 1.29 is 9.13 Å². The van der Waals surface area contributed by atoms with E-state index in [1.165, 1.54) is 12.1 Å². The van der Waals surface area contributed by atoms with Gasteiger partial charge in [-0.25, -0.2) is 14.4 Å². The van der Waals surface area contributed by atoms with Crippen molar-refractivity contribution in [3.8, 4) is 0 Å². The van der Waals surface area contributed by atoms with Crippen molar-refractivity contribution in [1.29, 1.82) is 0 Å². The molecule has 0 saturated carbocycles. The van der Waals surface area contributed by atoms with Crippen LogP contribution in [0.4, 0.5) is 21.7 Å². The lowest BCUT2D eigenvalue weighted by Gasteiger charge is -2.09. The third-order valence-corrected chi connectivity index (χ3v) is 2.92. The average molecular weight is 327 g/mol. The van der Waals surface area contributed by atoms with Gasteiger partial charge < -0.3 is 15.8 Å². The third-order valence-electron chi connectivity index (χ3n) is 2.26. The second kappa shape index (κ2) is 5.94. The molecule has 1 aromatic carbocycles. The Morgan fingerprint density at radius 2 is 2.16 bits per heavy atom. The zero-order valence-corrected chi connectivity index (χ0v) is 11.7. The minimum absolute atomic E-state index is 0.268. The van der Waals surface area contributed by atoms with Gasteiger partial charge in [-0.3, -0.25) is 0 Å². The first kappa shape index (κ1) is 13.7. The molecule has 0 aliphatic carbocycles. The van der Waals surface area contributed by atoms with Crippen LogP contribution in [0.25, 0.3) is 0 Å². The van der Waals surface area contributed by atoms with E-state index in [0.29, 0.717) is 27.6 Å². The van der Waals surface area contributed by atoms with Crippen molar-refractivity contribution in [1.82, 2.24) is 9.97 Å². The largest absolute Gasteiger partial charge is 0.384 e. The van der Waals surface area contributed by atoms with E-state index < -0.39 is 0 Å². The van der Waals surface area contributed by atoms with Crippen molar-refractivity contribution >= 4 is 33.3 Å². The number of rotatable bonds is 4. The molecule has 0 amide bonds. The first-order chi connectivity index (χ1) is 9.08. The lowest BCUT2D eigenvalue weighted by atomic mass is 10.3. The zero-order valence-electron chi connectivity index (χ0n) is 10.2. The van der Waals surface area contributed by atoms with Crippen molar-refractivity contribution in [2.24, 2.45) is 0 Å². The van der Waals surface area contributed by atoms with Gasteiger partial charge >= 0.3 is 0 Å². The Bertz CT molecular complexity index is 594. The summed E-state index contributed by atoms with van der Waals surface area (Å²) in [6.07, 6.45) is 0. The summed E-state index contributed by atoms with van der Waals surface area (Å²) in [6, 6.07) is 5.92. The molecule has 0 atom stereocenters. The van der Waals surface area contributed by atoms with E-state index in [4.69, 9.17) is 10.5 Å². The number of nitrogens with two attached hydrogens (primary N) is 1. The van der Waals surface area contributed by atoms with Gasteiger partial charge in [-0.05, 0) is 34.1 Å². The summed E-state index contributed by atoms with van der Waals surface area (Å²) in [4.78, 5) is 8.27. The number of hydrogen-bond donors (Lipinski definition) is 2. The number of nitrogens with one attached hydrogen (secondary N) is 1. The molecule has 0 bridgehead atoms. The van der Waals surface area contributed by atoms with Gasteiger partial charge in [0.1, 0.15) is 24.1 Å². The van der Waals surface area contributed by atoms with Crippen LogP contribution < -0.4 is 11.1 Å². The highest BCUT2D eigenvalue weighted by molar-refractivity contribution is 9.10. The number of nitrogens with zero attached hydrogens (tertiary/aromatic N) is 2. The molecule has 0 spiro atoms. The fraction of sp³-hybridized carbons (Fsp3) is 0.167. The van der Waals surface area contributed by atoms with E-state index in [-0.39, 0.29) is 12.4 Å². The van der Waals surface area contributed by atoms with E-state index in [1.54, 1.807) is 19.2 Å². The van der Waals surface area contributed by atoms with Crippen LogP contribution in [0.1, 0.15) is 5.82 Å². The Hall–Kier alpha value is -1.73. The summed E-state index contributed by atoms with van der Waals surface area (Å²) in [6.45, 7) is 0.268. The maximum Gasteiger partial charge on any atom is 0.158 e. The Labute approximate surface area is 118 Å². The zero-order chi connectivity index (χ0) is 13.8. The molecule has 3 N–H and O–H groups in total. The number of aromatic nitrogens is 2. The minimum atomic E-state index is -0.320. The topological polar surface area (TPSA) is 73.1 Å². The number of nitrogen functional groups attached to an aromatic ring is 1. The maximum atomic E-state index is 13.0. The number of hydrogen-bond acceptors (Lipinski definition) is 5. The van der Waals surface area contributed by atoms with Crippen LogP contribution in [-0.4, -0.2) is 17.1 Å². The molecule has 0 radical (unpaired) electrons. The van der Waals surface area contributed by atoms with Crippen LogP contribution in [0.3, 0.4) is 0 Å². The summed E-state index contributed by atoms with van der Waals surface area (Å²) in [7, 11) is 1.55. The van der Waals surface area contributed by atoms with Gasteiger partial charge in [0.05, 0.1) is 5.69 Å². The highest BCUT2D eigenvalue weighted by Gasteiger charge is 2.06. The minimum Gasteiger partial charge on any atom is -0.384 e. The van der Waals surface area contributed by atoms with Gasteiger partial charge in [0.25, 0.3) is 0 Å². The summed E-state index contributed by atoms with van der Waals surface area (Å²) in [5.41, 5.74) is 6.37. The number of ether oxygens (including phenoxy) is 1. The average Bonchev–Trinajstić information content (AvgIpc) is 2.32. The Morgan fingerprint density at radius 3 is 2.84 bits per heavy atom. The van der Waals surface area contributed by atoms with E-state index in [2.05, 4.69) is 31.2 Å². The highest BCUT2D eigenvalue weighted by Crippen LogP contribution is 2.26. The third kappa shape index (κ3) is 3.62. The second-order valence-electron chi connectivity index (χ2n) is 3.78. The van der Waals surface area contributed by atoms with Gasteiger partial charge in [-0.2, -0.15) is 0 Å². The molecule has 100 valence electrons. The maximum absolute atomic E-state index is 13.0. The number of halogens is 2. The van der Waals surface area contributed by atoms with Gasteiger partial charge in [-0.15, -0.1) is 0 Å². The highest BCUT2D eigenvalue weighted by atomic mass is 79.9. The molecule has 0 aliphatic rings. The molecule has 7 heteroatoms. The monoisotopic (exact) mass is 326 g/mol. The van der Waals surface area contributed by atoms with E-state index in [1.807, 2.05) is 0 Å². The normalized spacial score (nSPS) is 10.5. The smallest absolute Gasteiger partial charge is 0.158 e. The number of methoxy groups -OCH3 is 1. The molecule has 5 nitrogen and oxygen atoms in total. The lowest BCUT2D eigenvalue weighted by Crippen LogP contribution is -2.04. The predicted molar refractivity (Wildman–Crippen MR) is 74.5 cm³/mol. The first-order valence-electron chi connectivity index (χ1n) is 5.43. The molecule has 19 heavy (non-hydrogen) atoms. The van der Waals surface area contributed by atoms with Crippen LogP contribution in [0.5, 0.6) is 0 Å². The van der Waals surface area contributed by atoms with Crippen molar-refractivity contribution in [2.75, 3.05) is 18.2 Å². The quantitative estimate of drug-likeness (QED) is 0.903. The molecule has 0 saturated heterocycles. The van der Waals surface area contributed by atoms with E-state index in [9.17, 15) is 4.39 Å². The van der Waals surface area contributed by atoms with Crippen LogP contribution in [0.2, 0.25) is 0 Å². The van der Waals surface area contributed by atoms with Crippen LogP contribution in [-0.2, 0) is 11.3 Å². The molecule has 1 heterocycles. The molecule has 2 rings (SSSR count). The molecule has 1 aromatic heterocycles. The fourth-order valence-corrected chi connectivity index (χ4v) is 1.95. The predicted octanol–water partition coefficient (Wildman–Crippen LogP) is 2.85. The lowest BCUT2D eigenvalue weighted by molar-refractivity contribution is 0.178. The summed E-state index contributed by atoms with van der Waals surface area (Å²) in [5, 5.41) is 3.04. The number of benzene rings is 1. The molecule has 0 fully saturated rings.